The second-order valence-corrected chi connectivity index (χ2v) is 4.77. The van der Waals surface area contributed by atoms with Gasteiger partial charge in [0.25, 0.3) is 0 Å². The van der Waals surface area contributed by atoms with Gasteiger partial charge in [0.15, 0.2) is 0 Å². The van der Waals surface area contributed by atoms with E-state index in [1.165, 1.54) is 4.90 Å². The maximum Gasteiger partial charge on any atom is 0.248 e. The second kappa shape index (κ2) is 7.85. The highest BCUT2D eigenvalue weighted by Crippen LogP contribution is 2.06. The Morgan fingerprint density at radius 2 is 2.06 bits per heavy atom. The van der Waals surface area contributed by atoms with Crippen LogP contribution in [-0.2, 0) is 9.59 Å². The van der Waals surface area contributed by atoms with Gasteiger partial charge < -0.3 is 5.32 Å². The summed E-state index contributed by atoms with van der Waals surface area (Å²) in [6, 6.07) is 0. The molecule has 0 aromatic heterocycles. The van der Waals surface area contributed by atoms with Crippen LogP contribution in [-0.4, -0.2) is 61.4 Å². The van der Waals surface area contributed by atoms with Crippen molar-refractivity contribution in [1.82, 2.24) is 15.1 Å². The van der Waals surface area contributed by atoms with Crippen molar-refractivity contribution in [3.05, 3.63) is 0 Å². The zero-order chi connectivity index (χ0) is 14.2. The van der Waals surface area contributed by atoms with E-state index >= 15 is 0 Å². The molecule has 0 aliphatic rings. The van der Waals surface area contributed by atoms with Crippen molar-refractivity contribution in [3.63, 3.8) is 0 Å². The van der Waals surface area contributed by atoms with Gasteiger partial charge in [-0.25, -0.2) is 0 Å². The van der Waals surface area contributed by atoms with Crippen LogP contribution in [0.15, 0.2) is 0 Å². The molecule has 18 heavy (non-hydrogen) atoms. The maximum absolute atomic E-state index is 12.0. The Balaban J connectivity index is 4.25. The smallest absolute Gasteiger partial charge is 0.248 e. The molecule has 0 unspecified atom stereocenters. The highest BCUT2D eigenvalue weighted by Gasteiger charge is 2.29. The van der Waals surface area contributed by atoms with Crippen LogP contribution in [0.25, 0.3) is 0 Å². The lowest BCUT2D eigenvalue weighted by atomic mass is 10.0. The lowest BCUT2D eigenvalue weighted by Gasteiger charge is -2.28. The second-order valence-electron chi connectivity index (χ2n) is 4.77. The standard InChI is InChI=1S/C13H23N3O2/c1-6-8-15(5)9-7-10-16(11-17)12(18)13(2,3)14-4/h1,11,14H,7-10H2,2-5H3. The number of imide groups is 1. The van der Waals surface area contributed by atoms with Crippen molar-refractivity contribution in [2.24, 2.45) is 0 Å². The molecule has 0 saturated carbocycles. The highest BCUT2D eigenvalue weighted by molar-refractivity contribution is 5.92. The third-order valence-electron chi connectivity index (χ3n) is 2.85. The molecule has 0 atom stereocenters. The van der Waals surface area contributed by atoms with E-state index in [1.54, 1.807) is 20.9 Å². The average Bonchev–Trinajstić information content (AvgIpc) is 2.34. The van der Waals surface area contributed by atoms with Gasteiger partial charge in [-0.15, -0.1) is 6.42 Å². The minimum Gasteiger partial charge on any atom is -0.307 e. The fourth-order valence-corrected chi connectivity index (χ4v) is 1.41. The summed E-state index contributed by atoms with van der Waals surface area (Å²) >= 11 is 0. The first-order chi connectivity index (χ1) is 8.38. The SMILES string of the molecule is C#CCN(C)CCCN(C=O)C(=O)C(C)(C)NC. The Morgan fingerprint density at radius 3 is 2.50 bits per heavy atom. The number of carbonyl (C=O) groups excluding carboxylic acids is 2. The molecule has 0 bridgehead atoms. The van der Waals surface area contributed by atoms with Gasteiger partial charge in [-0.3, -0.25) is 19.4 Å². The summed E-state index contributed by atoms with van der Waals surface area (Å²) in [5.41, 5.74) is -0.731. The van der Waals surface area contributed by atoms with Crippen LogP contribution in [0, 0.1) is 12.3 Å². The molecule has 0 spiro atoms. The van der Waals surface area contributed by atoms with Crippen LogP contribution >= 0.6 is 0 Å². The van der Waals surface area contributed by atoms with Crippen LogP contribution in [0.4, 0.5) is 0 Å². The van der Waals surface area contributed by atoms with Gasteiger partial charge in [0.05, 0.1) is 12.1 Å². The third-order valence-corrected chi connectivity index (χ3v) is 2.85. The van der Waals surface area contributed by atoms with Crippen molar-refractivity contribution in [3.8, 4) is 12.3 Å². The summed E-state index contributed by atoms with van der Waals surface area (Å²) in [4.78, 5) is 26.1. The van der Waals surface area contributed by atoms with Gasteiger partial charge in [0.2, 0.25) is 12.3 Å². The zero-order valence-electron chi connectivity index (χ0n) is 11.7. The first-order valence-electron chi connectivity index (χ1n) is 5.96. The highest BCUT2D eigenvalue weighted by atomic mass is 16.2. The van der Waals surface area contributed by atoms with E-state index < -0.39 is 5.54 Å². The van der Waals surface area contributed by atoms with Crippen molar-refractivity contribution >= 4 is 12.3 Å². The number of nitrogens with one attached hydrogen (secondary N) is 1. The van der Waals surface area contributed by atoms with Crippen LogP contribution in [0.5, 0.6) is 0 Å². The zero-order valence-corrected chi connectivity index (χ0v) is 11.7. The summed E-state index contributed by atoms with van der Waals surface area (Å²) in [5, 5.41) is 2.89. The Kier molecular flexibility index (Phi) is 7.25. The fraction of sp³-hybridized carbons (Fsp3) is 0.692. The molecular formula is C13H23N3O2. The van der Waals surface area contributed by atoms with E-state index in [9.17, 15) is 9.59 Å². The molecule has 102 valence electrons. The summed E-state index contributed by atoms with van der Waals surface area (Å²) in [7, 11) is 3.60. The Hall–Kier alpha value is -1.38. The topological polar surface area (TPSA) is 52.7 Å². The van der Waals surface area contributed by atoms with E-state index in [0.717, 1.165) is 6.54 Å². The molecule has 1 N–H and O–H groups in total. The first kappa shape index (κ1) is 16.6. The Labute approximate surface area is 110 Å². The Morgan fingerprint density at radius 1 is 1.44 bits per heavy atom. The van der Waals surface area contributed by atoms with Gasteiger partial charge in [-0.05, 0) is 34.4 Å². The predicted octanol–water partition coefficient (Wildman–Crippen LogP) is -0.0755. The number of hydrogen-bond donors (Lipinski definition) is 1. The molecule has 0 rings (SSSR count). The van der Waals surface area contributed by atoms with Crippen molar-refractivity contribution < 1.29 is 9.59 Å². The Bertz CT molecular complexity index is 321. The molecular weight excluding hydrogens is 230 g/mol. The van der Waals surface area contributed by atoms with Gasteiger partial charge in [0.1, 0.15) is 0 Å². The maximum atomic E-state index is 12.0. The summed E-state index contributed by atoms with van der Waals surface area (Å²) in [5.74, 6) is 2.32. The van der Waals surface area contributed by atoms with E-state index in [4.69, 9.17) is 6.42 Å². The number of carbonyl (C=O) groups is 2. The number of nitrogens with zero attached hydrogens (tertiary/aromatic N) is 2. The normalized spacial score (nSPS) is 11.1. The largest absolute Gasteiger partial charge is 0.307 e. The number of terminal acetylenes is 1. The van der Waals surface area contributed by atoms with Gasteiger partial charge in [-0.2, -0.15) is 0 Å². The number of amides is 2. The quantitative estimate of drug-likeness (QED) is 0.486. The molecule has 0 aliphatic heterocycles. The van der Waals surface area contributed by atoms with Crippen molar-refractivity contribution in [2.45, 2.75) is 25.8 Å². The van der Waals surface area contributed by atoms with Crippen LogP contribution < -0.4 is 5.32 Å². The monoisotopic (exact) mass is 253 g/mol. The van der Waals surface area contributed by atoms with Crippen LogP contribution in [0.3, 0.4) is 0 Å². The van der Waals surface area contributed by atoms with E-state index in [-0.39, 0.29) is 5.91 Å². The first-order valence-corrected chi connectivity index (χ1v) is 5.96. The number of likely N-dealkylation sites (N-methyl/N-ethyl adjacent to an activating group) is 1. The minimum absolute atomic E-state index is 0.223. The number of hydrogen-bond acceptors (Lipinski definition) is 4. The van der Waals surface area contributed by atoms with Crippen LogP contribution in [0.1, 0.15) is 20.3 Å². The summed E-state index contributed by atoms with van der Waals surface area (Å²) < 4.78 is 0. The van der Waals surface area contributed by atoms with Gasteiger partial charge in [-0.1, -0.05) is 5.92 Å². The molecule has 0 fully saturated rings. The molecule has 0 aliphatic carbocycles. The molecule has 5 nitrogen and oxygen atoms in total. The number of rotatable bonds is 8. The lowest BCUT2D eigenvalue weighted by molar-refractivity contribution is -0.142. The van der Waals surface area contributed by atoms with E-state index in [2.05, 4.69) is 11.2 Å². The minimum atomic E-state index is -0.731. The fourth-order valence-electron chi connectivity index (χ4n) is 1.41. The van der Waals surface area contributed by atoms with Gasteiger partial charge in [0, 0.05) is 13.1 Å². The lowest BCUT2D eigenvalue weighted by Crippen LogP contribution is -2.52. The van der Waals surface area contributed by atoms with E-state index in [1.807, 2.05) is 11.9 Å². The molecule has 0 aromatic rings. The summed E-state index contributed by atoms with van der Waals surface area (Å²) in [6.45, 7) is 5.22. The van der Waals surface area contributed by atoms with E-state index in [0.29, 0.717) is 25.9 Å². The molecule has 2 amide bonds. The molecule has 0 heterocycles. The third kappa shape index (κ3) is 5.30. The molecule has 0 saturated heterocycles. The van der Waals surface area contributed by atoms with Crippen LogP contribution in [0.2, 0.25) is 0 Å². The average molecular weight is 253 g/mol. The van der Waals surface area contributed by atoms with Crippen molar-refractivity contribution in [1.29, 1.82) is 0 Å². The molecule has 5 heteroatoms. The molecule has 0 aromatic carbocycles. The predicted molar refractivity (Wildman–Crippen MR) is 71.9 cm³/mol. The summed E-state index contributed by atoms with van der Waals surface area (Å²) in [6.07, 6.45) is 6.49. The molecule has 0 radical (unpaired) electrons. The van der Waals surface area contributed by atoms with Gasteiger partial charge >= 0.3 is 0 Å². The van der Waals surface area contributed by atoms with Crippen molar-refractivity contribution in [2.75, 3.05) is 33.7 Å².